The maximum Gasteiger partial charge on any atom is 0.364 e. The Balaban J connectivity index is 2.28. The highest BCUT2D eigenvalue weighted by Crippen LogP contribution is 2.35. The zero-order valence-corrected chi connectivity index (χ0v) is 23.8. The van der Waals surface area contributed by atoms with Crippen LogP contribution in [0, 0.1) is 0 Å². The van der Waals surface area contributed by atoms with Crippen LogP contribution in [0.5, 0.6) is 0 Å². The van der Waals surface area contributed by atoms with Gasteiger partial charge < -0.3 is 90.3 Å². The molecule has 2 fully saturated rings. The molecule has 0 aromatic rings. The molecule has 0 radical (unpaired) electrons. The van der Waals surface area contributed by atoms with Crippen LogP contribution in [0.2, 0.25) is 0 Å². The highest BCUT2D eigenvalue weighted by atomic mass is 16.8. The van der Waals surface area contributed by atoms with E-state index in [9.17, 15) is 70.9 Å². The standard InChI is InChI=1S/C24H43NO19/c1-8(29)21(37)41-12(5-27)13(6-28)42-22-19(36)18(35)17(34)14(43-22)7-40-24(23(38)39)3-10(31)15(25-9(2)30)20(44-24)16(33)11(32)4-26/h8,10-22,26-29,31-37H,3-7H2,1-2H3,(H,25,30)(H,38,39)/t8-,10+,11?,12?,13-,14+,15+,16?,17?,18?,19+,20?,21+,22-,24+/m0/s1. The molecular weight excluding hydrogens is 606 g/mol. The molecule has 0 bridgehead atoms. The molecule has 0 aromatic heterocycles. The van der Waals surface area contributed by atoms with Crippen molar-refractivity contribution < 1.29 is 94.6 Å². The molecule has 20 nitrogen and oxygen atoms in total. The number of carbonyl (C=O) groups excluding carboxylic acids is 1. The topological polar surface area (TPSA) is 335 Å². The van der Waals surface area contributed by atoms with Gasteiger partial charge in [0, 0.05) is 13.3 Å². The summed E-state index contributed by atoms with van der Waals surface area (Å²) in [6, 6.07) is -1.48. The minimum absolute atomic E-state index is 0.718. The lowest BCUT2D eigenvalue weighted by atomic mass is 9.88. The predicted octanol–water partition coefficient (Wildman–Crippen LogP) is -7.59. The van der Waals surface area contributed by atoms with E-state index in [4.69, 9.17) is 23.7 Å². The van der Waals surface area contributed by atoms with Gasteiger partial charge in [-0.15, -0.1) is 0 Å². The SMILES string of the molecule is CC(=O)N[C@H]1C(C(O)C(O)CO)O[C@@](OC[C@H]2O[C@H](O[C@@H](CO)C(CO)O[C@@H](O)[C@H](C)O)[C@H](O)C(O)C2O)(C(=O)O)C[C@H]1O. The summed E-state index contributed by atoms with van der Waals surface area (Å²) in [5.74, 6) is -5.41. The van der Waals surface area contributed by atoms with Crippen LogP contribution in [-0.2, 0) is 33.3 Å². The number of hydrogen-bond acceptors (Lipinski definition) is 18. The molecule has 0 aromatic carbocycles. The van der Waals surface area contributed by atoms with Gasteiger partial charge in [0.25, 0.3) is 5.79 Å². The molecule has 1 amide bonds. The summed E-state index contributed by atoms with van der Waals surface area (Å²) >= 11 is 0. The zero-order valence-electron chi connectivity index (χ0n) is 23.8. The van der Waals surface area contributed by atoms with Crippen molar-refractivity contribution in [3.63, 3.8) is 0 Å². The van der Waals surface area contributed by atoms with Crippen LogP contribution in [-0.4, -0.2) is 191 Å². The van der Waals surface area contributed by atoms with Gasteiger partial charge in [-0.05, 0) is 6.92 Å². The number of rotatable bonds is 16. The fraction of sp³-hybridized carbons (Fsp3) is 0.917. The second kappa shape index (κ2) is 16.7. The first-order valence-electron chi connectivity index (χ1n) is 13.6. The van der Waals surface area contributed by atoms with Crippen molar-refractivity contribution in [3.05, 3.63) is 0 Å². The largest absolute Gasteiger partial charge is 0.477 e. The van der Waals surface area contributed by atoms with Gasteiger partial charge in [0.1, 0.15) is 61.0 Å². The first-order chi connectivity index (χ1) is 20.5. The maximum atomic E-state index is 12.4. The average molecular weight is 650 g/mol. The first kappa shape index (κ1) is 38.5. The highest BCUT2D eigenvalue weighted by molar-refractivity contribution is 5.76. The molecular formula is C24H43NO19. The minimum atomic E-state index is -2.82. The Kier molecular flexibility index (Phi) is 14.6. The minimum Gasteiger partial charge on any atom is -0.477 e. The molecule has 0 aliphatic carbocycles. The molecule has 0 saturated carbocycles. The van der Waals surface area contributed by atoms with Crippen molar-refractivity contribution in [2.75, 3.05) is 26.4 Å². The van der Waals surface area contributed by atoms with Gasteiger partial charge in [0.05, 0.1) is 38.6 Å². The number of aliphatic hydroxyl groups excluding tert-OH is 11. The molecule has 13 N–H and O–H groups in total. The Bertz CT molecular complexity index is 913. The van der Waals surface area contributed by atoms with Crippen LogP contribution in [0.15, 0.2) is 0 Å². The summed E-state index contributed by atoms with van der Waals surface area (Å²) in [7, 11) is 0. The smallest absolute Gasteiger partial charge is 0.364 e. The van der Waals surface area contributed by atoms with Gasteiger partial charge in [-0.1, -0.05) is 0 Å². The molecule has 258 valence electrons. The van der Waals surface area contributed by atoms with Crippen LogP contribution in [0.3, 0.4) is 0 Å². The van der Waals surface area contributed by atoms with Gasteiger partial charge in [-0.2, -0.15) is 0 Å². The van der Waals surface area contributed by atoms with E-state index in [1.807, 2.05) is 0 Å². The van der Waals surface area contributed by atoms with Crippen molar-refractivity contribution in [3.8, 4) is 0 Å². The monoisotopic (exact) mass is 649 g/mol. The van der Waals surface area contributed by atoms with Crippen molar-refractivity contribution >= 4 is 11.9 Å². The van der Waals surface area contributed by atoms with E-state index < -0.39 is 136 Å². The maximum absolute atomic E-state index is 12.4. The summed E-state index contributed by atoms with van der Waals surface area (Å²) in [5, 5.41) is 123. The fourth-order valence-corrected chi connectivity index (χ4v) is 4.62. The third-order valence-corrected chi connectivity index (χ3v) is 7.15. The second-order valence-electron chi connectivity index (χ2n) is 10.5. The van der Waals surface area contributed by atoms with Crippen LogP contribution in [0.25, 0.3) is 0 Å². The van der Waals surface area contributed by atoms with Gasteiger partial charge in [0.15, 0.2) is 12.6 Å². The van der Waals surface area contributed by atoms with E-state index in [0.29, 0.717) is 0 Å². The van der Waals surface area contributed by atoms with E-state index in [2.05, 4.69) is 5.32 Å². The molecule has 20 heteroatoms. The lowest BCUT2D eigenvalue weighted by Crippen LogP contribution is -2.68. The Morgan fingerprint density at radius 3 is 2.07 bits per heavy atom. The number of aliphatic hydroxyl groups is 11. The van der Waals surface area contributed by atoms with E-state index in [1.165, 1.54) is 6.92 Å². The number of ether oxygens (including phenoxy) is 5. The molecule has 2 aliphatic heterocycles. The quantitative estimate of drug-likeness (QED) is 0.0690. The number of carbonyl (C=O) groups is 2. The summed E-state index contributed by atoms with van der Waals surface area (Å²) in [4.78, 5) is 24.0. The van der Waals surface area contributed by atoms with Gasteiger partial charge >= 0.3 is 5.97 Å². The van der Waals surface area contributed by atoms with Crippen molar-refractivity contribution in [1.82, 2.24) is 5.32 Å². The second-order valence-corrected chi connectivity index (χ2v) is 10.5. The summed E-state index contributed by atoms with van der Waals surface area (Å²) < 4.78 is 26.8. The van der Waals surface area contributed by atoms with E-state index in [0.717, 1.165) is 6.92 Å². The van der Waals surface area contributed by atoms with E-state index in [-0.39, 0.29) is 0 Å². The Morgan fingerprint density at radius 1 is 0.955 bits per heavy atom. The third kappa shape index (κ3) is 9.19. The Labute approximate surface area is 250 Å². The van der Waals surface area contributed by atoms with Crippen LogP contribution >= 0.6 is 0 Å². The molecule has 0 spiro atoms. The lowest BCUT2D eigenvalue weighted by molar-refractivity contribution is -0.348. The number of carboxylic acids is 1. The predicted molar refractivity (Wildman–Crippen MR) is 137 cm³/mol. The lowest BCUT2D eigenvalue weighted by Gasteiger charge is -2.47. The number of hydrogen-bond donors (Lipinski definition) is 13. The summed E-state index contributed by atoms with van der Waals surface area (Å²) in [5.41, 5.74) is 0. The van der Waals surface area contributed by atoms with Crippen LogP contribution in [0.1, 0.15) is 20.3 Å². The fourth-order valence-electron chi connectivity index (χ4n) is 4.62. The molecule has 6 unspecified atom stereocenters. The van der Waals surface area contributed by atoms with Gasteiger partial charge in [-0.25, -0.2) is 4.79 Å². The van der Waals surface area contributed by atoms with Crippen molar-refractivity contribution in [2.45, 2.75) is 112 Å². The average Bonchev–Trinajstić information content (AvgIpc) is 2.97. The summed E-state index contributed by atoms with van der Waals surface area (Å²) in [6.07, 6.45) is -24.3. The molecule has 44 heavy (non-hydrogen) atoms. The van der Waals surface area contributed by atoms with Crippen LogP contribution < -0.4 is 5.32 Å². The van der Waals surface area contributed by atoms with E-state index >= 15 is 0 Å². The number of nitrogens with one attached hydrogen (secondary N) is 1. The van der Waals surface area contributed by atoms with E-state index in [1.54, 1.807) is 0 Å². The van der Waals surface area contributed by atoms with Crippen molar-refractivity contribution in [2.24, 2.45) is 0 Å². The highest BCUT2D eigenvalue weighted by Gasteiger charge is 2.57. The van der Waals surface area contributed by atoms with Crippen LogP contribution in [0.4, 0.5) is 0 Å². The Morgan fingerprint density at radius 2 is 1.57 bits per heavy atom. The number of amides is 1. The zero-order chi connectivity index (χ0) is 33.5. The summed E-state index contributed by atoms with van der Waals surface area (Å²) in [6.45, 7) is -1.51. The van der Waals surface area contributed by atoms with Gasteiger partial charge in [-0.3, -0.25) is 4.79 Å². The van der Waals surface area contributed by atoms with Gasteiger partial charge in [0.2, 0.25) is 5.91 Å². The normalized spacial score (nSPS) is 36.9. The molecule has 15 atom stereocenters. The molecule has 2 heterocycles. The third-order valence-electron chi connectivity index (χ3n) is 7.15. The molecule has 2 rings (SSSR count). The number of aliphatic carboxylic acids is 1. The first-order valence-corrected chi connectivity index (χ1v) is 13.6. The number of carboxylic acid groups (broad SMARTS) is 1. The molecule has 2 saturated heterocycles. The Hall–Kier alpha value is -1.70. The molecule has 2 aliphatic rings. The van der Waals surface area contributed by atoms with Crippen molar-refractivity contribution in [1.29, 1.82) is 0 Å².